The summed E-state index contributed by atoms with van der Waals surface area (Å²) < 4.78 is 31.3. The third kappa shape index (κ3) is 6.23. The number of aromatic nitrogens is 2. The molecule has 1 N–H and O–H groups in total. The largest absolute Gasteiger partial charge is 0.493 e. The van der Waals surface area contributed by atoms with Gasteiger partial charge in [-0.05, 0) is 43.5 Å². The van der Waals surface area contributed by atoms with Gasteiger partial charge < -0.3 is 10.1 Å². The molecule has 0 radical (unpaired) electrons. The number of anilines is 1. The summed E-state index contributed by atoms with van der Waals surface area (Å²) in [5.74, 6) is 1.35. The Morgan fingerprint density at radius 1 is 1.32 bits per heavy atom. The molecular formula is C22H30ClN3O4S. The summed E-state index contributed by atoms with van der Waals surface area (Å²) in [5, 5.41) is 8.21. The number of amides is 1. The number of aryl methyl sites for hydroxylation is 1. The van der Waals surface area contributed by atoms with Crippen molar-refractivity contribution in [2.75, 3.05) is 23.4 Å². The second kappa shape index (κ2) is 9.20. The molecule has 1 amide bonds. The van der Waals surface area contributed by atoms with Crippen LogP contribution in [0.15, 0.2) is 24.3 Å². The molecule has 2 aromatic rings. The zero-order valence-corrected chi connectivity index (χ0v) is 20.0. The second-order valence-electron chi connectivity index (χ2n) is 9.08. The van der Waals surface area contributed by atoms with Crippen molar-refractivity contribution in [3.8, 4) is 5.75 Å². The zero-order valence-electron chi connectivity index (χ0n) is 18.4. The number of halogens is 1. The van der Waals surface area contributed by atoms with Gasteiger partial charge in [0.05, 0.1) is 29.8 Å². The third-order valence-electron chi connectivity index (χ3n) is 5.27. The van der Waals surface area contributed by atoms with Gasteiger partial charge in [-0.3, -0.25) is 4.79 Å². The number of hydrogen-bond acceptors (Lipinski definition) is 5. The first-order valence-corrected chi connectivity index (χ1v) is 12.6. The lowest BCUT2D eigenvalue weighted by atomic mass is 9.92. The number of rotatable bonds is 7. The van der Waals surface area contributed by atoms with Crippen LogP contribution in [0.4, 0.5) is 5.82 Å². The SMILES string of the molecule is Cc1cc(Cl)ccc1OCCCC(=O)Nc1cc(C(C)(C)C)nn1C1CCS(=O)(=O)C1. The van der Waals surface area contributed by atoms with E-state index in [0.29, 0.717) is 30.3 Å². The topological polar surface area (TPSA) is 90.3 Å². The van der Waals surface area contributed by atoms with Crippen LogP contribution in [0.3, 0.4) is 0 Å². The number of sulfone groups is 1. The van der Waals surface area contributed by atoms with Gasteiger partial charge in [0.25, 0.3) is 0 Å². The van der Waals surface area contributed by atoms with Gasteiger partial charge >= 0.3 is 0 Å². The van der Waals surface area contributed by atoms with E-state index in [-0.39, 0.29) is 35.3 Å². The van der Waals surface area contributed by atoms with Crippen LogP contribution >= 0.6 is 11.6 Å². The first kappa shape index (κ1) is 23.6. The molecule has 2 heterocycles. The molecule has 7 nitrogen and oxygen atoms in total. The van der Waals surface area contributed by atoms with Crippen molar-refractivity contribution >= 4 is 33.2 Å². The molecule has 3 rings (SSSR count). The fourth-order valence-corrected chi connectivity index (χ4v) is 5.41. The Kier molecular flexibility index (Phi) is 7.01. The molecule has 1 unspecified atom stereocenters. The molecule has 1 atom stereocenters. The van der Waals surface area contributed by atoms with E-state index in [1.165, 1.54) is 0 Å². The van der Waals surface area contributed by atoms with Crippen LogP contribution in [0.5, 0.6) is 5.75 Å². The molecule has 1 fully saturated rings. The van der Waals surface area contributed by atoms with Crippen molar-refractivity contribution in [3.63, 3.8) is 0 Å². The van der Waals surface area contributed by atoms with E-state index in [2.05, 4.69) is 10.4 Å². The van der Waals surface area contributed by atoms with Crippen LogP contribution < -0.4 is 10.1 Å². The van der Waals surface area contributed by atoms with Gasteiger partial charge in [-0.1, -0.05) is 32.4 Å². The van der Waals surface area contributed by atoms with Crippen LogP contribution in [-0.2, 0) is 20.0 Å². The fraction of sp³-hybridized carbons (Fsp3) is 0.545. The van der Waals surface area contributed by atoms with Crippen molar-refractivity contribution in [1.29, 1.82) is 0 Å². The summed E-state index contributed by atoms with van der Waals surface area (Å²) >= 11 is 5.95. The summed E-state index contributed by atoms with van der Waals surface area (Å²) in [6.45, 7) is 8.43. The van der Waals surface area contributed by atoms with E-state index in [0.717, 1.165) is 17.0 Å². The maximum absolute atomic E-state index is 12.5. The van der Waals surface area contributed by atoms with Gasteiger partial charge in [0.2, 0.25) is 5.91 Å². The standard InChI is InChI=1S/C22H30ClN3O4S/c1-15-12-16(23)7-8-18(15)30-10-5-6-21(27)24-20-13-19(22(2,3)4)25-26(20)17-9-11-31(28,29)14-17/h7-8,12-13,17H,5-6,9-11,14H2,1-4H3,(H,24,27). The van der Waals surface area contributed by atoms with Gasteiger partial charge in [-0.2, -0.15) is 5.10 Å². The predicted octanol–water partition coefficient (Wildman–Crippen LogP) is 4.30. The van der Waals surface area contributed by atoms with Crippen molar-refractivity contribution < 1.29 is 17.9 Å². The van der Waals surface area contributed by atoms with Crippen LogP contribution in [-0.4, -0.2) is 42.2 Å². The molecule has 170 valence electrons. The highest BCUT2D eigenvalue weighted by molar-refractivity contribution is 7.91. The molecule has 0 bridgehead atoms. The van der Waals surface area contributed by atoms with Gasteiger partial charge in [0.1, 0.15) is 11.6 Å². The van der Waals surface area contributed by atoms with Crippen LogP contribution in [0, 0.1) is 6.92 Å². The Labute approximate surface area is 189 Å². The van der Waals surface area contributed by atoms with Crippen molar-refractivity contribution in [1.82, 2.24) is 9.78 Å². The minimum absolute atomic E-state index is 0.0510. The number of nitrogens with zero attached hydrogens (tertiary/aromatic N) is 2. The number of nitrogens with one attached hydrogen (secondary N) is 1. The highest BCUT2D eigenvalue weighted by Crippen LogP contribution is 2.31. The molecule has 0 aliphatic carbocycles. The number of ether oxygens (including phenoxy) is 1. The van der Waals surface area contributed by atoms with E-state index < -0.39 is 9.84 Å². The first-order chi connectivity index (χ1) is 14.4. The zero-order chi connectivity index (χ0) is 22.8. The maximum atomic E-state index is 12.5. The lowest BCUT2D eigenvalue weighted by Crippen LogP contribution is -2.20. The Bertz CT molecular complexity index is 1060. The lowest BCUT2D eigenvalue weighted by molar-refractivity contribution is -0.116. The summed E-state index contributed by atoms with van der Waals surface area (Å²) in [6, 6.07) is 7.01. The molecule has 1 aromatic carbocycles. The average molecular weight is 468 g/mol. The predicted molar refractivity (Wildman–Crippen MR) is 123 cm³/mol. The van der Waals surface area contributed by atoms with Crippen molar-refractivity contribution in [2.24, 2.45) is 0 Å². The summed E-state index contributed by atoms with van der Waals surface area (Å²) in [7, 11) is -3.06. The minimum Gasteiger partial charge on any atom is -0.493 e. The van der Waals surface area contributed by atoms with Crippen molar-refractivity contribution in [2.45, 2.75) is 58.4 Å². The number of carbonyl (C=O) groups excluding carboxylic acids is 1. The fourth-order valence-electron chi connectivity index (χ4n) is 3.50. The van der Waals surface area contributed by atoms with E-state index in [4.69, 9.17) is 16.3 Å². The number of benzene rings is 1. The van der Waals surface area contributed by atoms with E-state index in [1.807, 2.05) is 45.9 Å². The third-order valence-corrected chi connectivity index (χ3v) is 7.25. The molecule has 31 heavy (non-hydrogen) atoms. The molecule has 1 aromatic heterocycles. The summed E-state index contributed by atoms with van der Waals surface area (Å²) in [5.41, 5.74) is 1.54. The molecule has 0 saturated carbocycles. The minimum atomic E-state index is -3.06. The molecule has 9 heteroatoms. The Morgan fingerprint density at radius 3 is 2.68 bits per heavy atom. The second-order valence-corrected chi connectivity index (χ2v) is 11.7. The van der Waals surface area contributed by atoms with Crippen LogP contribution in [0.1, 0.15) is 57.3 Å². The average Bonchev–Trinajstić information content (AvgIpc) is 3.23. The van der Waals surface area contributed by atoms with Gasteiger partial charge in [-0.15, -0.1) is 0 Å². The monoisotopic (exact) mass is 467 g/mol. The highest BCUT2D eigenvalue weighted by atomic mass is 35.5. The number of carbonyl (C=O) groups is 1. The van der Waals surface area contributed by atoms with Gasteiger partial charge in [0.15, 0.2) is 9.84 Å². The van der Waals surface area contributed by atoms with E-state index >= 15 is 0 Å². The van der Waals surface area contributed by atoms with E-state index in [1.54, 1.807) is 10.7 Å². The van der Waals surface area contributed by atoms with Gasteiger partial charge in [-0.25, -0.2) is 13.1 Å². The maximum Gasteiger partial charge on any atom is 0.225 e. The Balaban J connectivity index is 1.61. The molecule has 1 aliphatic heterocycles. The molecule has 1 saturated heterocycles. The lowest BCUT2D eigenvalue weighted by Gasteiger charge is -2.15. The van der Waals surface area contributed by atoms with Crippen LogP contribution in [0.25, 0.3) is 0 Å². The Morgan fingerprint density at radius 2 is 2.06 bits per heavy atom. The number of hydrogen-bond donors (Lipinski definition) is 1. The van der Waals surface area contributed by atoms with Gasteiger partial charge in [0, 0.05) is 22.9 Å². The van der Waals surface area contributed by atoms with E-state index in [9.17, 15) is 13.2 Å². The normalized spacial score (nSPS) is 18.2. The van der Waals surface area contributed by atoms with Crippen LogP contribution in [0.2, 0.25) is 5.02 Å². The smallest absolute Gasteiger partial charge is 0.225 e. The molecular weight excluding hydrogens is 438 g/mol. The Hall–Kier alpha value is -2.06. The molecule has 0 spiro atoms. The highest BCUT2D eigenvalue weighted by Gasteiger charge is 2.32. The summed E-state index contributed by atoms with van der Waals surface area (Å²) in [6.07, 6.45) is 1.34. The quantitative estimate of drug-likeness (QED) is 0.613. The first-order valence-electron chi connectivity index (χ1n) is 10.4. The summed E-state index contributed by atoms with van der Waals surface area (Å²) in [4.78, 5) is 12.5. The molecule has 1 aliphatic rings. The van der Waals surface area contributed by atoms with Crippen molar-refractivity contribution in [3.05, 3.63) is 40.5 Å².